The highest BCUT2D eigenvalue weighted by Gasteiger charge is 2.29. The molecule has 0 spiro atoms. The van der Waals surface area contributed by atoms with Crippen LogP contribution in [-0.4, -0.2) is 54.4 Å². The third-order valence-corrected chi connectivity index (χ3v) is 4.94. The number of nitriles is 1. The third-order valence-electron chi connectivity index (χ3n) is 4.94. The van der Waals surface area contributed by atoms with E-state index in [0.29, 0.717) is 49.6 Å². The predicted octanol–water partition coefficient (Wildman–Crippen LogP) is 2.17. The van der Waals surface area contributed by atoms with E-state index in [0.717, 1.165) is 5.69 Å². The van der Waals surface area contributed by atoms with Gasteiger partial charge in [-0.1, -0.05) is 18.2 Å². The topological polar surface area (TPSA) is 72.6 Å². The van der Waals surface area contributed by atoms with Crippen LogP contribution in [0.1, 0.15) is 17.5 Å². The zero-order valence-corrected chi connectivity index (χ0v) is 15.3. The van der Waals surface area contributed by atoms with Crippen molar-refractivity contribution >= 4 is 5.69 Å². The molecule has 1 aliphatic heterocycles. The molecule has 7 heteroatoms. The fourth-order valence-electron chi connectivity index (χ4n) is 3.54. The van der Waals surface area contributed by atoms with Gasteiger partial charge in [0.15, 0.2) is 0 Å². The summed E-state index contributed by atoms with van der Waals surface area (Å²) < 4.78 is 19.2. The maximum Gasteiger partial charge on any atom is 0.233 e. The van der Waals surface area contributed by atoms with Gasteiger partial charge in [0.05, 0.1) is 12.8 Å². The number of nitrogens with zero attached hydrogens (tertiary/aromatic N) is 4. The molecule has 2 aromatic rings. The number of aliphatic hydroxyl groups is 1. The molecule has 1 fully saturated rings. The average molecular weight is 370 g/mol. The van der Waals surface area contributed by atoms with Crippen LogP contribution >= 0.6 is 0 Å². The Morgan fingerprint density at radius 3 is 2.85 bits per heavy atom. The lowest BCUT2D eigenvalue weighted by atomic mass is 10.1. The number of piperazine rings is 1. The van der Waals surface area contributed by atoms with Gasteiger partial charge in [0.1, 0.15) is 17.4 Å². The number of aromatic nitrogens is 1. The fraction of sp³-hybridized carbons (Fsp3) is 0.400. The first kappa shape index (κ1) is 19.1. The minimum atomic E-state index is -0.215. The van der Waals surface area contributed by atoms with Crippen LogP contribution < -0.4 is 9.64 Å². The van der Waals surface area contributed by atoms with Crippen molar-refractivity contribution in [2.75, 3.05) is 38.3 Å². The molecule has 0 bridgehead atoms. The van der Waals surface area contributed by atoms with E-state index in [1.54, 1.807) is 18.3 Å². The van der Waals surface area contributed by atoms with E-state index in [-0.39, 0.29) is 18.5 Å². The van der Waals surface area contributed by atoms with Crippen LogP contribution in [0.5, 0.6) is 5.88 Å². The van der Waals surface area contributed by atoms with E-state index in [9.17, 15) is 14.8 Å². The van der Waals surface area contributed by atoms with Gasteiger partial charge in [0, 0.05) is 50.6 Å². The summed E-state index contributed by atoms with van der Waals surface area (Å²) in [5.74, 6) is 0.0933. The van der Waals surface area contributed by atoms with E-state index in [1.807, 2.05) is 12.1 Å². The SMILES string of the molecule is COc1nccc(N2CCN(Cc3ccccc3F)C(CCO)C2)c1C#N. The molecule has 0 aliphatic carbocycles. The van der Waals surface area contributed by atoms with E-state index >= 15 is 0 Å². The standard InChI is InChI=1S/C20H23FN4O2/c1-27-20-17(12-22)19(6-8-23-20)25-10-9-24(16(14-25)7-11-26)13-15-4-2-3-5-18(15)21/h2-6,8,16,26H,7,9-11,13-14H2,1H3. The number of aliphatic hydroxyl groups excluding tert-OH is 1. The molecule has 1 unspecified atom stereocenters. The second-order valence-electron chi connectivity index (χ2n) is 6.50. The van der Waals surface area contributed by atoms with Crippen molar-refractivity contribution in [3.63, 3.8) is 0 Å². The zero-order chi connectivity index (χ0) is 19.2. The maximum absolute atomic E-state index is 14.0. The Balaban J connectivity index is 1.80. The summed E-state index contributed by atoms with van der Waals surface area (Å²) in [4.78, 5) is 8.40. The van der Waals surface area contributed by atoms with Gasteiger partial charge in [-0.25, -0.2) is 9.37 Å². The minimum Gasteiger partial charge on any atom is -0.480 e. The molecule has 1 aliphatic rings. The Kier molecular flexibility index (Phi) is 6.22. The highest BCUT2D eigenvalue weighted by molar-refractivity contribution is 5.63. The summed E-state index contributed by atoms with van der Waals surface area (Å²) in [6, 6.07) is 10.8. The fourth-order valence-corrected chi connectivity index (χ4v) is 3.54. The lowest BCUT2D eigenvalue weighted by Crippen LogP contribution is -2.53. The van der Waals surface area contributed by atoms with Crippen LogP contribution in [0, 0.1) is 17.1 Å². The van der Waals surface area contributed by atoms with Gasteiger partial charge in [-0.2, -0.15) is 5.26 Å². The van der Waals surface area contributed by atoms with E-state index < -0.39 is 0 Å². The molecule has 1 aromatic heterocycles. The summed E-state index contributed by atoms with van der Waals surface area (Å²) in [5.41, 5.74) is 1.83. The van der Waals surface area contributed by atoms with Crippen LogP contribution in [0.15, 0.2) is 36.5 Å². The number of hydrogen-bond donors (Lipinski definition) is 1. The van der Waals surface area contributed by atoms with Crippen molar-refractivity contribution in [1.82, 2.24) is 9.88 Å². The smallest absolute Gasteiger partial charge is 0.233 e. The molecule has 2 heterocycles. The number of halogens is 1. The van der Waals surface area contributed by atoms with Crippen molar-refractivity contribution in [2.24, 2.45) is 0 Å². The van der Waals surface area contributed by atoms with Crippen molar-refractivity contribution in [2.45, 2.75) is 19.0 Å². The monoisotopic (exact) mass is 370 g/mol. The Bertz CT molecular complexity index is 824. The molecule has 1 atom stereocenters. The first-order valence-corrected chi connectivity index (χ1v) is 8.94. The lowest BCUT2D eigenvalue weighted by Gasteiger charge is -2.42. The first-order valence-electron chi connectivity index (χ1n) is 8.94. The number of methoxy groups -OCH3 is 1. The van der Waals surface area contributed by atoms with Crippen LogP contribution in [0.25, 0.3) is 0 Å². The van der Waals surface area contributed by atoms with Crippen molar-refractivity contribution in [1.29, 1.82) is 5.26 Å². The van der Waals surface area contributed by atoms with Gasteiger partial charge >= 0.3 is 0 Å². The molecule has 3 rings (SSSR count). The van der Waals surface area contributed by atoms with Gasteiger partial charge in [0.2, 0.25) is 5.88 Å². The van der Waals surface area contributed by atoms with Crippen LogP contribution in [0.2, 0.25) is 0 Å². The number of rotatable bonds is 6. The Morgan fingerprint density at radius 1 is 1.33 bits per heavy atom. The first-order chi connectivity index (χ1) is 13.2. The molecule has 27 heavy (non-hydrogen) atoms. The van der Waals surface area contributed by atoms with Crippen LogP contribution in [0.4, 0.5) is 10.1 Å². The largest absolute Gasteiger partial charge is 0.480 e. The number of anilines is 1. The molecule has 142 valence electrons. The summed E-state index contributed by atoms with van der Waals surface area (Å²) >= 11 is 0. The number of pyridine rings is 1. The molecule has 1 N–H and O–H groups in total. The molecular formula is C20H23FN4O2. The van der Waals surface area contributed by atoms with Gasteiger partial charge in [0.25, 0.3) is 0 Å². The third kappa shape index (κ3) is 4.18. The minimum absolute atomic E-state index is 0.0501. The molecule has 0 saturated carbocycles. The zero-order valence-electron chi connectivity index (χ0n) is 15.3. The second kappa shape index (κ2) is 8.80. The van der Waals surface area contributed by atoms with Crippen LogP contribution in [0.3, 0.4) is 0 Å². The summed E-state index contributed by atoms with van der Waals surface area (Å²) in [5, 5.41) is 19.0. The van der Waals surface area contributed by atoms with Crippen molar-refractivity contribution in [3.05, 3.63) is 53.5 Å². The molecule has 1 saturated heterocycles. The second-order valence-corrected chi connectivity index (χ2v) is 6.50. The number of ether oxygens (including phenoxy) is 1. The van der Waals surface area contributed by atoms with E-state index in [4.69, 9.17) is 4.74 Å². The van der Waals surface area contributed by atoms with Gasteiger partial charge < -0.3 is 14.7 Å². The predicted molar refractivity (Wildman–Crippen MR) is 100 cm³/mol. The Hall–Kier alpha value is -2.69. The van der Waals surface area contributed by atoms with Crippen molar-refractivity contribution < 1.29 is 14.2 Å². The van der Waals surface area contributed by atoms with E-state index in [1.165, 1.54) is 13.2 Å². The van der Waals surface area contributed by atoms with Crippen molar-refractivity contribution in [3.8, 4) is 11.9 Å². The average Bonchev–Trinajstić information content (AvgIpc) is 2.70. The summed E-state index contributed by atoms with van der Waals surface area (Å²) in [6.45, 7) is 2.58. The molecule has 1 aromatic carbocycles. The molecular weight excluding hydrogens is 347 g/mol. The normalized spacial score (nSPS) is 17.6. The molecule has 0 radical (unpaired) electrons. The lowest BCUT2D eigenvalue weighted by molar-refractivity contribution is 0.134. The quantitative estimate of drug-likeness (QED) is 0.840. The van der Waals surface area contributed by atoms with Crippen LogP contribution in [-0.2, 0) is 6.54 Å². The Labute approximate surface area is 158 Å². The summed E-state index contributed by atoms with van der Waals surface area (Å²) in [6.07, 6.45) is 2.21. The molecule has 6 nitrogen and oxygen atoms in total. The number of hydrogen-bond acceptors (Lipinski definition) is 6. The highest BCUT2D eigenvalue weighted by Crippen LogP contribution is 2.29. The van der Waals surface area contributed by atoms with Gasteiger partial charge in [-0.3, -0.25) is 4.90 Å². The number of benzene rings is 1. The Morgan fingerprint density at radius 2 is 2.15 bits per heavy atom. The van der Waals surface area contributed by atoms with E-state index in [2.05, 4.69) is 20.9 Å². The van der Waals surface area contributed by atoms with Gasteiger partial charge in [-0.05, 0) is 18.6 Å². The summed E-state index contributed by atoms with van der Waals surface area (Å²) in [7, 11) is 1.49. The molecule has 0 amide bonds. The maximum atomic E-state index is 14.0. The van der Waals surface area contributed by atoms with Gasteiger partial charge in [-0.15, -0.1) is 0 Å². The highest BCUT2D eigenvalue weighted by atomic mass is 19.1.